The molecule has 2 nitrogen and oxygen atoms in total. The van der Waals surface area contributed by atoms with Crippen molar-refractivity contribution in [3.05, 3.63) is 11.6 Å². The molecular weight excluding hydrogens is 88.1 g/mol. The summed E-state index contributed by atoms with van der Waals surface area (Å²) in [4.78, 5) is 0. The van der Waals surface area contributed by atoms with Crippen molar-refractivity contribution in [1.29, 1.82) is 5.26 Å². The highest BCUT2D eigenvalue weighted by Crippen LogP contribution is 2.14. The Hall–Kier alpha value is -0.810. The summed E-state index contributed by atoms with van der Waals surface area (Å²) in [6.45, 7) is 0. The smallest absolute Gasteiger partial charge is 0.0960 e. The first-order valence-electron chi connectivity index (χ1n) is 2.20. The van der Waals surface area contributed by atoms with E-state index < -0.39 is 0 Å². The van der Waals surface area contributed by atoms with Crippen LogP contribution in [0.4, 0.5) is 0 Å². The molecule has 7 heavy (non-hydrogen) atoms. The minimum Gasteiger partial charge on any atom is -0.323 e. The molecule has 1 aliphatic rings. The number of hydrogen-bond acceptors (Lipinski definition) is 2. The van der Waals surface area contributed by atoms with Crippen molar-refractivity contribution in [2.75, 3.05) is 0 Å². The van der Waals surface area contributed by atoms with Crippen LogP contribution in [0.1, 0.15) is 6.42 Å². The Morgan fingerprint density at radius 1 is 2.00 bits per heavy atom. The van der Waals surface area contributed by atoms with Gasteiger partial charge in [0.2, 0.25) is 0 Å². The maximum atomic E-state index is 8.16. The molecule has 0 amide bonds. The van der Waals surface area contributed by atoms with Crippen LogP contribution in [0.15, 0.2) is 11.6 Å². The fraction of sp³-hybridized carbons (Fsp3) is 0.400. The van der Waals surface area contributed by atoms with Gasteiger partial charge in [0.05, 0.1) is 6.07 Å². The fourth-order valence-corrected chi connectivity index (χ4v) is 0.500. The number of nitriles is 1. The fourth-order valence-electron chi connectivity index (χ4n) is 0.500. The molecule has 0 saturated heterocycles. The molecule has 0 aliphatic heterocycles. The van der Waals surface area contributed by atoms with E-state index in [4.69, 9.17) is 11.0 Å². The van der Waals surface area contributed by atoms with Gasteiger partial charge >= 0.3 is 0 Å². The summed E-state index contributed by atoms with van der Waals surface area (Å²) in [7, 11) is 0. The Bertz CT molecular complexity index is 141. The van der Waals surface area contributed by atoms with Crippen LogP contribution < -0.4 is 5.73 Å². The molecule has 0 spiro atoms. The lowest BCUT2D eigenvalue weighted by molar-refractivity contribution is 0.735. The topological polar surface area (TPSA) is 49.8 Å². The summed E-state index contributed by atoms with van der Waals surface area (Å²) >= 11 is 0. The van der Waals surface area contributed by atoms with Crippen LogP contribution in [0.3, 0.4) is 0 Å². The van der Waals surface area contributed by atoms with E-state index in [9.17, 15) is 0 Å². The number of hydrogen-bond donors (Lipinski definition) is 1. The molecule has 0 aromatic rings. The van der Waals surface area contributed by atoms with Crippen LogP contribution in [0.2, 0.25) is 0 Å². The SMILES string of the molecule is N#CC1=CCC1N. The lowest BCUT2D eigenvalue weighted by atomic mass is 9.95. The zero-order valence-corrected chi connectivity index (χ0v) is 3.89. The van der Waals surface area contributed by atoms with Crippen LogP contribution >= 0.6 is 0 Å². The zero-order chi connectivity index (χ0) is 5.28. The van der Waals surface area contributed by atoms with E-state index in [1.807, 2.05) is 12.1 Å². The first-order chi connectivity index (χ1) is 3.34. The van der Waals surface area contributed by atoms with Crippen molar-refractivity contribution < 1.29 is 0 Å². The van der Waals surface area contributed by atoms with E-state index in [0.717, 1.165) is 12.0 Å². The van der Waals surface area contributed by atoms with Crippen LogP contribution in [-0.4, -0.2) is 6.04 Å². The molecule has 0 fully saturated rings. The predicted octanol–water partition coefficient (Wildman–Crippen LogP) is 0.167. The van der Waals surface area contributed by atoms with E-state index in [1.165, 1.54) is 0 Å². The van der Waals surface area contributed by atoms with Crippen LogP contribution in [0.5, 0.6) is 0 Å². The molecule has 0 saturated carbocycles. The highest BCUT2D eigenvalue weighted by molar-refractivity contribution is 5.34. The quantitative estimate of drug-likeness (QED) is 0.465. The van der Waals surface area contributed by atoms with Crippen molar-refractivity contribution >= 4 is 0 Å². The molecule has 1 rings (SSSR count). The highest BCUT2D eigenvalue weighted by Gasteiger charge is 2.14. The van der Waals surface area contributed by atoms with Crippen molar-refractivity contribution in [3.8, 4) is 6.07 Å². The lowest BCUT2D eigenvalue weighted by Crippen LogP contribution is -2.27. The van der Waals surface area contributed by atoms with E-state index in [-0.39, 0.29) is 6.04 Å². The Morgan fingerprint density at radius 3 is 2.71 bits per heavy atom. The molecule has 1 aliphatic carbocycles. The van der Waals surface area contributed by atoms with Gasteiger partial charge in [0.25, 0.3) is 0 Å². The molecule has 0 heterocycles. The minimum absolute atomic E-state index is 0.0463. The molecule has 0 aromatic heterocycles. The van der Waals surface area contributed by atoms with Crippen LogP contribution in [-0.2, 0) is 0 Å². The molecule has 2 N–H and O–H groups in total. The summed E-state index contributed by atoms with van der Waals surface area (Å²) < 4.78 is 0. The Morgan fingerprint density at radius 2 is 2.71 bits per heavy atom. The van der Waals surface area contributed by atoms with Gasteiger partial charge in [-0.3, -0.25) is 0 Å². The van der Waals surface area contributed by atoms with E-state index in [1.54, 1.807) is 0 Å². The largest absolute Gasteiger partial charge is 0.323 e. The average Bonchev–Trinajstić information content (AvgIpc) is 1.65. The van der Waals surface area contributed by atoms with Crippen molar-refractivity contribution in [2.24, 2.45) is 5.73 Å². The maximum Gasteiger partial charge on any atom is 0.0960 e. The Balaban J connectivity index is 2.62. The second kappa shape index (κ2) is 1.36. The molecular formula is C5H6N2. The highest BCUT2D eigenvalue weighted by atomic mass is 14.7. The molecule has 2 heteroatoms. The lowest BCUT2D eigenvalue weighted by Gasteiger charge is -2.15. The number of nitrogens with zero attached hydrogens (tertiary/aromatic N) is 1. The monoisotopic (exact) mass is 94.1 g/mol. The van der Waals surface area contributed by atoms with E-state index >= 15 is 0 Å². The molecule has 36 valence electrons. The molecule has 0 aromatic carbocycles. The number of nitrogens with two attached hydrogens (primary N) is 1. The first-order valence-corrected chi connectivity index (χ1v) is 2.20. The second-order valence-corrected chi connectivity index (χ2v) is 1.61. The van der Waals surface area contributed by atoms with Gasteiger partial charge in [-0.15, -0.1) is 0 Å². The third-order valence-electron chi connectivity index (χ3n) is 1.12. The minimum atomic E-state index is 0.0463. The van der Waals surface area contributed by atoms with Gasteiger partial charge in [0.1, 0.15) is 0 Å². The van der Waals surface area contributed by atoms with Gasteiger partial charge in [-0.25, -0.2) is 0 Å². The van der Waals surface area contributed by atoms with Gasteiger partial charge in [-0.05, 0) is 6.42 Å². The summed E-state index contributed by atoms with van der Waals surface area (Å²) in [5, 5.41) is 8.16. The van der Waals surface area contributed by atoms with Gasteiger partial charge < -0.3 is 5.73 Å². The van der Waals surface area contributed by atoms with Gasteiger partial charge in [0.15, 0.2) is 0 Å². The molecule has 1 atom stereocenters. The van der Waals surface area contributed by atoms with Crippen molar-refractivity contribution in [1.82, 2.24) is 0 Å². The van der Waals surface area contributed by atoms with Crippen molar-refractivity contribution in [2.45, 2.75) is 12.5 Å². The van der Waals surface area contributed by atoms with Gasteiger partial charge in [-0.2, -0.15) is 5.26 Å². The summed E-state index contributed by atoms with van der Waals surface area (Å²) in [5.41, 5.74) is 6.08. The third-order valence-corrected chi connectivity index (χ3v) is 1.12. The van der Waals surface area contributed by atoms with E-state index in [0.29, 0.717) is 0 Å². The normalized spacial score (nSPS) is 27.4. The van der Waals surface area contributed by atoms with Crippen molar-refractivity contribution in [3.63, 3.8) is 0 Å². The average molecular weight is 94.1 g/mol. The van der Waals surface area contributed by atoms with Crippen LogP contribution in [0, 0.1) is 11.3 Å². The summed E-state index contributed by atoms with van der Waals surface area (Å²) in [5.74, 6) is 0. The van der Waals surface area contributed by atoms with E-state index in [2.05, 4.69) is 0 Å². The Labute approximate surface area is 42.2 Å². The summed E-state index contributed by atoms with van der Waals surface area (Å²) in [6.07, 6.45) is 2.73. The Kier molecular flexibility index (Phi) is 0.844. The van der Waals surface area contributed by atoms with Gasteiger partial charge in [-0.1, -0.05) is 6.08 Å². The second-order valence-electron chi connectivity index (χ2n) is 1.61. The van der Waals surface area contributed by atoms with Gasteiger partial charge in [0, 0.05) is 11.6 Å². The molecule has 0 bridgehead atoms. The van der Waals surface area contributed by atoms with Crippen LogP contribution in [0.25, 0.3) is 0 Å². The first kappa shape index (κ1) is 4.35. The standard InChI is InChI=1S/C5H6N2/c6-3-4-1-2-5(4)7/h1,5H,2,7H2. The molecule has 0 radical (unpaired) electrons. The zero-order valence-electron chi connectivity index (χ0n) is 3.89. The third kappa shape index (κ3) is 0.509. The summed E-state index contributed by atoms with van der Waals surface area (Å²) in [6, 6.07) is 2.03. The maximum absolute atomic E-state index is 8.16. The number of rotatable bonds is 0. The predicted molar refractivity (Wildman–Crippen MR) is 26.3 cm³/mol. The molecule has 1 unspecified atom stereocenters.